The van der Waals surface area contributed by atoms with E-state index in [0.717, 1.165) is 6.42 Å². The van der Waals surface area contributed by atoms with Gasteiger partial charge in [0, 0.05) is 0 Å². The van der Waals surface area contributed by atoms with Crippen molar-refractivity contribution in [1.82, 2.24) is 4.72 Å². The Bertz CT molecular complexity index is 676. The fourth-order valence-corrected chi connectivity index (χ4v) is 2.97. The lowest BCUT2D eigenvalue weighted by atomic mass is 10.2. The van der Waals surface area contributed by atoms with Crippen LogP contribution >= 0.6 is 11.6 Å². The number of carbonyl (C=O) groups is 2. The Kier molecular flexibility index (Phi) is 7.47. The number of sulfonamides is 1. The lowest BCUT2D eigenvalue weighted by Gasteiger charge is -2.10. The second-order valence-electron chi connectivity index (χ2n) is 4.73. The summed E-state index contributed by atoms with van der Waals surface area (Å²) in [6.07, 6.45) is 1.26. The maximum atomic E-state index is 11.8. The lowest BCUT2D eigenvalue weighted by Crippen LogP contribution is -2.34. The zero-order chi connectivity index (χ0) is 17.5. The number of nitrogens with one attached hydrogen (secondary N) is 2. The van der Waals surface area contributed by atoms with Crippen molar-refractivity contribution in [3.8, 4) is 0 Å². The number of rotatable bonds is 8. The number of amides is 1. The highest BCUT2D eigenvalue weighted by Crippen LogP contribution is 2.23. The molecule has 0 aromatic heterocycles. The number of anilines is 1. The van der Waals surface area contributed by atoms with Crippen LogP contribution in [-0.2, 0) is 19.6 Å². The molecule has 23 heavy (non-hydrogen) atoms. The average Bonchev–Trinajstić information content (AvgIpc) is 2.52. The van der Waals surface area contributed by atoms with E-state index in [4.69, 9.17) is 11.6 Å². The van der Waals surface area contributed by atoms with Crippen molar-refractivity contribution in [1.29, 1.82) is 0 Å². The number of ether oxygens (including phenoxy) is 1. The molecule has 0 fully saturated rings. The molecule has 1 aromatic carbocycles. The normalized spacial score (nSPS) is 11.1. The molecule has 1 rings (SSSR count). The Morgan fingerprint density at radius 1 is 1.30 bits per heavy atom. The SMILES string of the molecule is CCCCS(=O)(=O)NCC(=O)Nc1cc(C(=O)OC)ccc1Cl. The molecule has 0 atom stereocenters. The van der Waals surface area contributed by atoms with Crippen LogP contribution in [0.3, 0.4) is 0 Å². The second-order valence-corrected chi connectivity index (χ2v) is 7.06. The second kappa shape index (κ2) is 8.85. The quantitative estimate of drug-likeness (QED) is 0.686. The highest BCUT2D eigenvalue weighted by atomic mass is 35.5. The number of halogens is 1. The number of carbonyl (C=O) groups excluding carboxylic acids is 2. The number of hydrogen-bond acceptors (Lipinski definition) is 5. The summed E-state index contributed by atoms with van der Waals surface area (Å²) in [6, 6.07) is 4.25. The third-order valence-corrected chi connectivity index (χ3v) is 4.62. The Morgan fingerprint density at radius 2 is 2.00 bits per heavy atom. The molecule has 0 radical (unpaired) electrons. The van der Waals surface area contributed by atoms with E-state index in [-0.39, 0.29) is 22.0 Å². The third-order valence-electron chi connectivity index (χ3n) is 2.88. The van der Waals surface area contributed by atoms with Crippen molar-refractivity contribution >= 4 is 39.2 Å². The van der Waals surface area contributed by atoms with E-state index < -0.39 is 28.4 Å². The maximum absolute atomic E-state index is 11.8. The van der Waals surface area contributed by atoms with E-state index in [1.165, 1.54) is 25.3 Å². The van der Waals surface area contributed by atoms with Crippen molar-refractivity contribution in [3.05, 3.63) is 28.8 Å². The van der Waals surface area contributed by atoms with Gasteiger partial charge in [0.05, 0.1) is 35.7 Å². The lowest BCUT2D eigenvalue weighted by molar-refractivity contribution is -0.115. The van der Waals surface area contributed by atoms with E-state index in [9.17, 15) is 18.0 Å². The van der Waals surface area contributed by atoms with E-state index in [0.29, 0.717) is 6.42 Å². The van der Waals surface area contributed by atoms with Gasteiger partial charge in [-0.25, -0.2) is 17.9 Å². The van der Waals surface area contributed by atoms with Crippen LogP contribution in [0, 0.1) is 0 Å². The van der Waals surface area contributed by atoms with Gasteiger partial charge in [-0.1, -0.05) is 24.9 Å². The molecule has 2 N–H and O–H groups in total. The summed E-state index contributed by atoms with van der Waals surface area (Å²) >= 11 is 5.94. The number of methoxy groups -OCH3 is 1. The van der Waals surface area contributed by atoms with Gasteiger partial charge in [-0.3, -0.25) is 4.79 Å². The highest BCUT2D eigenvalue weighted by Gasteiger charge is 2.14. The molecule has 0 aliphatic heterocycles. The Balaban J connectivity index is 2.69. The minimum absolute atomic E-state index is 0.0324. The summed E-state index contributed by atoms with van der Waals surface area (Å²) in [7, 11) is -2.25. The number of esters is 1. The van der Waals surface area contributed by atoms with Crippen molar-refractivity contribution in [2.45, 2.75) is 19.8 Å². The Hall–Kier alpha value is -1.64. The molecule has 7 nitrogen and oxygen atoms in total. The number of hydrogen-bond donors (Lipinski definition) is 2. The first kappa shape index (κ1) is 19.4. The fraction of sp³-hybridized carbons (Fsp3) is 0.429. The van der Waals surface area contributed by atoms with Crippen LogP contribution in [-0.4, -0.2) is 39.7 Å². The molecule has 9 heteroatoms. The average molecular weight is 363 g/mol. The summed E-state index contributed by atoms with van der Waals surface area (Å²) in [6.45, 7) is 1.46. The topological polar surface area (TPSA) is 102 Å². The van der Waals surface area contributed by atoms with Gasteiger partial charge in [-0.15, -0.1) is 0 Å². The van der Waals surface area contributed by atoms with Crippen molar-refractivity contribution in [2.75, 3.05) is 24.7 Å². The van der Waals surface area contributed by atoms with Gasteiger partial charge >= 0.3 is 5.97 Å². The molecule has 0 saturated carbocycles. The third kappa shape index (κ3) is 6.55. The van der Waals surface area contributed by atoms with Crippen LogP contribution < -0.4 is 10.0 Å². The predicted molar refractivity (Wildman–Crippen MR) is 88.1 cm³/mol. The minimum Gasteiger partial charge on any atom is -0.465 e. The molecule has 0 aliphatic rings. The Labute approximate surface area is 140 Å². The maximum Gasteiger partial charge on any atom is 0.337 e. The summed E-state index contributed by atoms with van der Waals surface area (Å²) in [4.78, 5) is 23.3. The standard InChI is InChI=1S/C14H19ClN2O5S/c1-3-4-7-23(20,21)16-9-13(18)17-12-8-10(14(19)22-2)5-6-11(12)15/h5-6,8,16H,3-4,7,9H2,1-2H3,(H,17,18). The van der Waals surface area contributed by atoms with Gasteiger partial charge in [0.1, 0.15) is 0 Å². The first-order chi connectivity index (χ1) is 10.8. The molecule has 128 valence electrons. The zero-order valence-corrected chi connectivity index (χ0v) is 14.5. The molecule has 0 bridgehead atoms. The van der Waals surface area contributed by atoms with E-state index in [1.54, 1.807) is 0 Å². The van der Waals surface area contributed by atoms with Crippen molar-refractivity contribution < 1.29 is 22.7 Å². The predicted octanol–water partition coefficient (Wildman–Crippen LogP) is 1.78. The first-order valence-electron chi connectivity index (χ1n) is 6.94. The zero-order valence-electron chi connectivity index (χ0n) is 12.9. The van der Waals surface area contributed by atoms with Crippen LogP contribution in [0.1, 0.15) is 30.1 Å². The monoisotopic (exact) mass is 362 g/mol. The summed E-state index contributed by atoms with van der Waals surface area (Å²) in [5, 5.41) is 2.67. The molecule has 1 aromatic rings. The van der Waals surface area contributed by atoms with Gasteiger partial charge < -0.3 is 10.1 Å². The van der Waals surface area contributed by atoms with Crippen LogP contribution in [0.5, 0.6) is 0 Å². The van der Waals surface area contributed by atoms with Gasteiger partial charge in [-0.05, 0) is 24.6 Å². The molecule has 0 unspecified atom stereocenters. The molecule has 1 amide bonds. The van der Waals surface area contributed by atoms with Crippen molar-refractivity contribution in [3.63, 3.8) is 0 Å². The van der Waals surface area contributed by atoms with Crippen LogP contribution in [0.25, 0.3) is 0 Å². The minimum atomic E-state index is -3.48. The smallest absolute Gasteiger partial charge is 0.337 e. The van der Waals surface area contributed by atoms with E-state index in [2.05, 4.69) is 14.8 Å². The molecular weight excluding hydrogens is 344 g/mol. The number of benzene rings is 1. The molecule has 0 saturated heterocycles. The van der Waals surface area contributed by atoms with E-state index >= 15 is 0 Å². The fourth-order valence-electron chi connectivity index (χ4n) is 1.64. The van der Waals surface area contributed by atoms with Gasteiger partial charge in [0.2, 0.25) is 15.9 Å². The molecule has 0 aliphatic carbocycles. The van der Waals surface area contributed by atoms with Crippen LogP contribution in [0.15, 0.2) is 18.2 Å². The summed E-state index contributed by atoms with van der Waals surface area (Å²) in [5.74, 6) is -1.19. The number of unbranched alkanes of at least 4 members (excludes halogenated alkanes) is 1. The van der Waals surface area contributed by atoms with Gasteiger partial charge in [0.15, 0.2) is 0 Å². The largest absolute Gasteiger partial charge is 0.465 e. The van der Waals surface area contributed by atoms with Crippen molar-refractivity contribution in [2.24, 2.45) is 0 Å². The highest BCUT2D eigenvalue weighted by molar-refractivity contribution is 7.89. The van der Waals surface area contributed by atoms with Gasteiger partial charge in [0.25, 0.3) is 0 Å². The first-order valence-corrected chi connectivity index (χ1v) is 8.97. The van der Waals surface area contributed by atoms with Gasteiger partial charge in [-0.2, -0.15) is 0 Å². The summed E-state index contributed by atoms with van der Waals surface area (Å²) in [5.41, 5.74) is 0.419. The van der Waals surface area contributed by atoms with Crippen LogP contribution in [0.2, 0.25) is 5.02 Å². The molecule has 0 heterocycles. The molecular formula is C14H19ClN2O5S. The summed E-state index contributed by atoms with van der Waals surface area (Å²) < 4.78 is 30.0. The van der Waals surface area contributed by atoms with E-state index in [1.807, 2.05) is 6.92 Å². The Morgan fingerprint density at radius 3 is 2.61 bits per heavy atom. The van der Waals surface area contributed by atoms with Crippen LogP contribution in [0.4, 0.5) is 5.69 Å². The molecule has 0 spiro atoms.